The Balaban J connectivity index is 2.58. The van der Waals surface area contributed by atoms with Crippen molar-refractivity contribution < 1.29 is 9.53 Å². The Bertz CT molecular complexity index is 283. The molecule has 0 saturated heterocycles. The summed E-state index contributed by atoms with van der Waals surface area (Å²) in [6, 6.07) is 0. The molecule has 0 N–H and O–H groups in total. The van der Waals surface area contributed by atoms with E-state index in [0.717, 1.165) is 12.2 Å². The van der Waals surface area contributed by atoms with E-state index in [0.29, 0.717) is 13.0 Å². The van der Waals surface area contributed by atoms with Gasteiger partial charge in [-0.25, -0.2) is 0 Å². The molecule has 1 aliphatic heterocycles. The van der Waals surface area contributed by atoms with E-state index in [1.165, 1.54) is 11.1 Å². The van der Waals surface area contributed by atoms with Gasteiger partial charge in [0.2, 0.25) is 0 Å². The summed E-state index contributed by atoms with van der Waals surface area (Å²) in [6.07, 6.45) is 1.53. The fraction of sp³-hybridized carbons (Fsp3) is 0.750. The van der Waals surface area contributed by atoms with Crippen LogP contribution in [0.2, 0.25) is 0 Å². The second-order valence-electron chi connectivity index (χ2n) is 4.46. The van der Waals surface area contributed by atoms with E-state index in [2.05, 4.69) is 20.8 Å². The number of carbonyl (C=O) groups excluding carboxylic acids is 1. The van der Waals surface area contributed by atoms with Crippen LogP contribution in [0.25, 0.3) is 0 Å². The van der Waals surface area contributed by atoms with Gasteiger partial charge in [-0.05, 0) is 34.1 Å². The summed E-state index contributed by atoms with van der Waals surface area (Å²) < 4.78 is 5.04. The lowest BCUT2D eigenvalue weighted by Crippen LogP contribution is -2.29. The van der Waals surface area contributed by atoms with Gasteiger partial charge in [0.15, 0.2) is 0 Å². The molecule has 2 nitrogen and oxygen atoms in total. The standard InChI is InChI=1S/C12H20O2S/c1-5-14-11(13)7-12(4)6-9(2)10(3)8-15-12/h5-8H2,1-4H3. The molecule has 0 aromatic heterocycles. The van der Waals surface area contributed by atoms with E-state index in [-0.39, 0.29) is 10.7 Å². The van der Waals surface area contributed by atoms with E-state index >= 15 is 0 Å². The molecular weight excluding hydrogens is 208 g/mol. The zero-order chi connectivity index (χ0) is 11.5. The van der Waals surface area contributed by atoms with Crippen molar-refractivity contribution in [1.82, 2.24) is 0 Å². The first-order chi connectivity index (χ1) is 6.97. The summed E-state index contributed by atoms with van der Waals surface area (Å²) in [4.78, 5) is 11.5. The van der Waals surface area contributed by atoms with Crippen LogP contribution >= 0.6 is 11.8 Å². The largest absolute Gasteiger partial charge is 0.466 e. The minimum Gasteiger partial charge on any atom is -0.466 e. The lowest BCUT2D eigenvalue weighted by molar-refractivity contribution is -0.143. The summed E-state index contributed by atoms with van der Waals surface area (Å²) in [6.45, 7) is 8.83. The topological polar surface area (TPSA) is 26.3 Å². The summed E-state index contributed by atoms with van der Waals surface area (Å²) >= 11 is 1.87. The Labute approximate surface area is 96.5 Å². The predicted octanol–water partition coefficient (Wildman–Crippen LogP) is 3.17. The Hall–Kier alpha value is -0.440. The summed E-state index contributed by atoms with van der Waals surface area (Å²) in [5.41, 5.74) is 2.89. The van der Waals surface area contributed by atoms with Crippen LogP contribution in [0.5, 0.6) is 0 Å². The van der Waals surface area contributed by atoms with E-state index in [1.54, 1.807) is 0 Å². The van der Waals surface area contributed by atoms with Crippen molar-refractivity contribution >= 4 is 17.7 Å². The van der Waals surface area contributed by atoms with Gasteiger partial charge in [-0.2, -0.15) is 11.8 Å². The van der Waals surface area contributed by atoms with Gasteiger partial charge >= 0.3 is 5.97 Å². The SMILES string of the molecule is CCOC(=O)CC1(C)CC(C)=C(C)CS1. The number of esters is 1. The Morgan fingerprint density at radius 1 is 1.47 bits per heavy atom. The van der Waals surface area contributed by atoms with Crippen LogP contribution in [0.4, 0.5) is 0 Å². The highest BCUT2D eigenvalue weighted by atomic mass is 32.2. The number of carbonyl (C=O) groups is 1. The average Bonchev–Trinajstić information content (AvgIpc) is 2.12. The third-order valence-corrected chi connectivity index (χ3v) is 4.39. The van der Waals surface area contributed by atoms with Gasteiger partial charge in [-0.1, -0.05) is 11.1 Å². The van der Waals surface area contributed by atoms with Crippen LogP contribution in [0, 0.1) is 0 Å². The lowest BCUT2D eigenvalue weighted by atomic mass is 9.95. The third kappa shape index (κ3) is 3.56. The van der Waals surface area contributed by atoms with Crippen LogP contribution in [0.15, 0.2) is 11.1 Å². The first kappa shape index (κ1) is 12.6. The van der Waals surface area contributed by atoms with Gasteiger partial charge in [0.1, 0.15) is 0 Å². The maximum atomic E-state index is 11.5. The molecular formula is C12H20O2S. The average molecular weight is 228 g/mol. The van der Waals surface area contributed by atoms with Crippen LogP contribution < -0.4 is 0 Å². The van der Waals surface area contributed by atoms with Gasteiger partial charge < -0.3 is 4.74 Å². The zero-order valence-corrected chi connectivity index (χ0v) is 10.9. The van der Waals surface area contributed by atoms with Gasteiger partial charge in [0.25, 0.3) is 0 Å². The van der Waals surface area contributed by atoms with E-state index in [9.17, 15) is 4.79 Å². The summed E-state index contributed by atoms with van der Waals surface area (Å²) in [5, 5.41) is 0. The predicted molar refractivity (Wildman–Crippen MR) is 65.1 cm³/mol. The minimum atomic E-state index is -0.0696. The van der Waals surface area contributed by atoms with Gasteiger partial charge in [-0.15, -0.1) is 0 Å². The van der Waals surface area contributed by atoms with Crippen molar-refractivity contribution in [3.63, 3.8) is 0 Å². The zero-order valence-electron chi connectivity index (χ0n) is 10.1. The Morgan fingerprint density at radius 3 is 2.67 bits per heavy atom. The lowest BCUT2D eigenvalue weighted by Gasteiger charge is -2.33. The van der Waals surface area contributed by atoms with Crippen molar-refractivity contribution in [3.8, 4) is 0 Å². The van der Waals surface area contributed by atoms with E-state index in [1.807, 2.05) is 18.7 Å². The molecule has 0 fully saturated rings. The molecule has 3 heteroatoms. The summed E-state index contributed by atoms with van der Waals surface area (Å²) in [5.74, 6) is 0.974. The molecule has 0 bridgehead atoms. The quantitative estimate of drug-likeness (QED) is 0.548. The highest BCUT2D eigenvalue weighted by Crippen LogP contribution is 2.41. The molecule has 0 radical (unpaired) electrons. The maximum Gasteiger partial charge on any atom is 0.307 e. The van der Waals surface area contributed by atoms with Gasteiger partial charge in [0, 0.05) is 10.5 Å². The Kier molecular flexibility index (Phi) is 4.26. The van der Waals surface area contributed by atoms with Crippen molar-refractivity contribution in [1.29, 1.82) is 0 Å². The fourth-order valence-electron chi connectivity index (χ4n) is 1.80. The molecule has 1 heterocycles. The number of hydrogen-bond acceptors (Lipinski definition) is 3. The van der Waals surface area contributed by atoms with E-state index < -0.39 is 0 Å². The number of hydrogen-bond donors (Lipinski definition) is 0. The molecule has 86 valence electrons. The number of thioether (sulfide) groups is 1. The molecule has 1 atom stereocenters. The highest BCUT2D eigenvalue weighted by Gasteiger charge is 2.32. The molecule has 1 aliphatic rings. The smallest absolute Gasteiger partial charge is 0.307 e. The third-order valence-electron chi connectivity index (χ3n) is 2.83. The molecule has 1 unspecified atom stereocenters. The normalized spacial score (nSPS) is 26.7. The monoisotopic (exact) mass is 228 g/mol. The molecule has 15 heavy (non-hydrogen) atoms. The van der Waals surface area contributed by atoms with Gasteiger partial charge in [0.05, 0.1) is 13.0 Å². The van der Waals surface area contributed by atoms with Crippen LogP contribution in [0.1, 0.15) is 40.5 Å². The van der Waals surface area contributed by atoms with Crippen molar-refractivity contribution in [2.75, 3.05) is 12.4 Å². The first-order valence-corrected chi connectivity index (χ1v) is 6.40. The fourth-order valence-corrected chi connectivity index (χ4v) is 3.15. The van der Waals surface area contributed by atoms with Crippen LogP contribution in [-0.4, -0.2) is 23.1 Å². The van der Waals surface area contributed by atoms with Crippen LogP contribution in [-0.2, 0) is 9.53 Å². The maximum absolute atomic E-state index is 11.5. The molecule has 0 saturated carbocycles. The second-order valence-corrected chi connectivity index (χ2v) is 6.02. The van der Waals surface area contributed by atoms with E-state index in [4.69, 9.17) is 4.74 Å². The molecule has 0 amide bonds. The number of allylic oxidation sites excluding steroid dienone is 1. The van der Waals surface area contributed by atoms with Gasteiger partial charge in [-0.3, -0.25) is 4.79 Å². The number of ether oxygens (including phenoxy) is 1. The van der Waals surface area contributed by atoms with Crippen molar-refractivity contribution in [2.45, 2.75) is 45.3 Å². The van der Waals surface area contributed by atoms with Crippen molar-refractivity contribution in [3.05, 3.63) is 11.1 Å². The first-order valence-electron chi connectivity index (χ1n) is 5.41. The molecule has 0 spiro atoms. The Morgan fingerprint density at radius 2 is 2.13 bits per heavy atom. The minimum absolute atomic E-state index is 0.0375. The molecule has 0 aliphatic carbocycles. The highest BCUT2D eigenvalue weighted by molar-refractivity contribution is 8.00. The van der Waals surface area contributed by atoms with Crippen LogP contribution in [0.3, 0.4) is 0 Å². The molecule has 0 aromatic rings. The number of rotatable bonds is 3. The van der Waals surface area contributed by atoms with Crippen molar-refractivity contribution in [2.24, 2.45) is 0 Å². The molecule has 0 aromatic carbocycles. The summed E-state index contributed by atoms with van der Waals surface area (Å²) in [7, 11) is 0. The molecule has 1 rings (SSSR count). The second kappa shape index (κ2) is 5.06.